The molecular formula is C9H15F2NO3. The molecule has 6 heteroatoms. The van der Waals surface area contributed by atoms with Crippen LogP contribution in [0.15, 0.2) is 0 Å². The number of carbonyl (C=O) groups excluding carboxylic acids is 2. The Bertz CT molecular complexity index is 259. The molecule has 0 atom stereocenters. The van der Waals surface area contributed by atoms with E-state index >= 15 is 0 Å². The Labute approximate surface area is 87.0 Å². The molecule has 0 rings (SSSR count). The lowest BCUT2D eigenvalue weighted by Crippen LogP contribution is -2.43. The van der Waals surface area contributed by atoms with Crippen LogP contribution in [0.25, 0.3) is 0 Å². The van der Waals surface area contributed by atoms with E-state index in [1.165, 1.54) is 0 Å². The molecule has 0 aliphatic heterocycles. The lowest BCUT2D eigenvalue weighted by atomic mass is 10.2. The molecule has 0 heterocycles. The molecule has 4 nitrogen and oxygen atoms in total. The number of nitrogens with one attached hydrogen (secondary N) is 1. The summed E-state index contributed by atoms with van der Waals surface area (Å²) in [5, 5.41) is 1.83. The number of alkyl halides is 2. The molecule has 1 amide bonds. The maximum atomic E-state index is 12.7. The fraction of sp³-hybridized carbons (Fsp3) is 0.778. The fourth-order valence-electron chi connectivity index (χ4n) is 0.622. The molecule has 0 aromatic rings. The van der Waals surface area contributed by atoms with Gasteiger partial charge in [-0.1, -0.05) is 0 Å². The maximum Gasteiger partial charge on any atom is 0.407 e. The van der Waals surface area contributed by atoms with Crippen LogP contribution in [0, 0.1) is 0 Å². The summed E-state index contributed by atoms with van der Waals surface area (Å²) >= 11 is 0. The Morgan fingerprint density at radius 3 is 2.07 bits per heavy atom. The highest BCUT2D eigenvalue weighted by Crippen LogP contribution is 2.13. The Balaban J connectivity index is 4.07. The van der Waals surface area contributed by atoms with Crippen LogP contribution in [0.2, 0.25) is 0 Å². The lowest BCUT2D eigenvalue weighted by molar-refractivity contribution is -0.139. The van der Waals surface area contributed by atoms with Gasteiger partial charge in [-0.3, -0.25) is 4.79 Å². The molecule has 0 aliphatic carbocycles. The normalized spacial score (nSPS) is 12.1. The van der Waals surface area contributed by atoms with Gasteiger partial charge in [0, 0.05) is 6.92 Å². The molecule has 0 fully saturated rings. The number of ketones is 1. The monoisotopic (exact) mass is 223 g/mol. The van der Waals surface area contributed by atoms with Crippen molar-refractivity contribution >= 4 is 11.9 Å². The smallest absolute Gasteiger partial charge is 0.407 e. The average Bonchev–Trinajstić information content (AvgIpc) is 1.97. The van der Waals surface area contributed by atoms with Crippen molar-refractivity contribution in [1.82, 2.24) is 5.32 Å². The molecule has 0 spiro atoms. The van der Waals surface area contributed by atoms with Crippen LogP contribution in [0.5, 0.6) is 0 Å². The van der Waals surface area contributed by atoms with Crippen LogP contribution < -0.4 is 5.32 Å². The van der Waals surface area contributed by atoms with Gasteiger partial charge in [0.1, 0.15) is 5.60 Å². The first-order chi connectivity index (χ1) is 6.54. The van der Waals surface area contributed by atoms with E-state index in [1.807, 2.05) is 5.32 Å². The summed E-state index contributed by atoms with van der Waals surface area (Å²) in [5.74, 6) is -4.84. The molecule has 0 radical (unpaired) electrons. The minimum Gasteiger partial charge on any atom is -0.444 e. The number of hydrogen-bond donors (Lipinski definition) is 1. The van der Waals surface area contributed by atoms with Crippen LogP contribution in [0.1, 0.15) is 27.7 Å². The number of hydrogen-bond acceptors (Lipinski definition) is 3. The minimum atomic E-state index is -3.54. The zero-order valence-corrected chi connectivity index (χ0v) is 9.19. The van der Waals surface area contributed by atoms with Crippen LogP contribution >= 0.6 is 0 Å². The predicted octanol–water partition coefficient (Wildman–Crippen LogP) is 1.74. The highest BCUT2D eigenvalue weighted by molar-refractivity contribution is 5.84. The quantitative estimate of drug-likeness (QED) is 0.792. The zero-order valence-electron chi connectivity index (χ0n) is 9.19. The van der Waals surface area contributed by atoms with Crippen molar-refractivity contribution in [1.29, 1.82) is 0 Å². The van der Waals surface area contributed by atoms with E-state index in [2.05, 4.69) is 0 Å². The van der Waals surface area contributed by atoms with E-state index in [0.29, 0.717) is 0 Å². The van der Waals surface area contributed by atoms with Gasteiger partial charge < -0.3 is 10.1 Å². The summed E-state index contributed by atoms with van der Waals surface area (Å²) < 4.78 is 30.2. The molecule has 0 aliphatic rings. The van der Waals surface area contributed by atoms with Gasteiger partial charge in [-0.05, 0) is 20.8 Å². The van der Waals surface area contributed by atoms with E-state index < -0.39 is 29.9 Å². The SMILES string of the molecule is CC(=O)C(F)(F)CNC(=O)OC(C)(C)C. The van der Waals surface area contributed by atoms with E-state index in [9.17, 15) is 18.4 Å². The lowest BCUT2D eigenvalue weighted by Gasteiger charge is -2.21. The average molecular weight is 223 g/mol. The Hall–Kier alpha value is -1.20. The Morgan fingerprint density at radius 1 is 1.27 bits per heavy atom. The van der Waals surface area contributed by atoms with Crippen LogP contribution in [0.4, 0.5) is 13.6 Å². The second-order valence-electron chi connectivity index (χ2n) is 4.12. The third kappa shape index (κ3) is 5.98. The number of carbonyl (C=O) groups is 2. The van der Waals surface area contributed by atoms with Gasteiger partial charge in [0.2, 0.25) is 5.78 Å². The molecule has 15 heavy (non-hydrogen) atoms. The van der Waals surface area contributed by atoms with Gasteiger partial charge in [-0.2, -0.15) is 8.78 Å². The van der Waals surface area contributed by atoms with Crippen molar-refractivity contribution in [2.45, 2.75) is 39.2 Å². The third-order valence-corrected chi connectivity index (χ3v) is 1.37. The number of rotatable bonds is 3. The maximum absolute atomic E-state index is 12.7. The Kier molecular flexibility index (Phi) is 4.18. The molecule has 0 aromatic carbocycles. The third-order valence-electron chi connectivity index (χ3n) is 1.37. The predicted molar refractivity (Wildman–Crippen MR) is 49.9 cm³/mol. The van der Waals surface area contributed by atoms with Crippen LogP contribution in [0.3, 0.4) is 0 Å². The second kappa shape index (κ2) is 4.55. The highest BCUT2D eigenvalue weighted by atomic mass is 19.3. The van der Waals surface area contributed by atoms with E-state index in [0.717, 1.165) is 6.92 Å². The molecule has 1 N–H and O–H groups in total. The molecule has 0 unspecified atom stereocenters. The number of ether oxygens (including phenoxy) is 1. The van der Waals surface area contributed by atoms with Gasteiger partial charge in [0.15, 0.2) is 0 Å². The van der Waals surface area contributed by atoms with E-state index in [4.69, 9.17) is 4.74 Å². The van der Waals surface area contributed by atoms with Crippen molar-refractivity contribution in [3.05, 3.63) is 0 Å². The van der Waals surface area contributed by atoms with Gasteiger partial charge in [-0.25, -0.2) is 4.79 Å². The summed E-state index contributed by atoms with van der Waals surface area (Å²) in [4.78, 5) is 21.4. The first-order valence-corrected chi connectivity index (χ1v) is 4.40. The standard InChI is InChI=1S/C9H15F2NO3/c1-6(13)9(10,11)5-12-7(14)15-8(2,3)4/h5H2,1-4H3,(H,12,14). The van der Waals surface area contributed by atoms with Crippen molar-refractivity contribution in [2.24, 2.45) is 0 Å². The number of halogens is 2. The van der Waals surface area contributed by atoms with E-state index in [1.54, 1.807) is 20.8 Å². The first kappa shape index (κ1) is 13.8. The highest BCUT2D eigenvalue weighted by Gasteiger charge is 2.35. The summed E-state index contributed by atoms with van der Waals surface area (Å²) in [7, 11) is 0. The van der Waals surface area contributed by atoms with Gasteiger partial charge in [-0.15, -0.1) is 0 Å². The van der Waals surface area contributed by atoms with Crippen molar-refractivity contribution in [2.75, 3.05) is 6.54 Å². The number of Topliss-reactive ketones (excluding diaryl/α,β-unsaturated/α-hetero) is 1. The molecule has 0 bridgehead atoms. The molecule has 0 aromatic heterocycles. The van der Waals surface area contributed by atoms with E-state index in [-0.39, 0.29) is 0 Å². The fourth-order valence-corrected chi connectivity index (χ4v) is 0.622. The number of alkyl carbamates (subject to hydrolysis) is 1. The van der Waals surface area contributed by atoms with Crippen LogP contribution in [-0.4, -0.2) is 29.9 Å². The molecular weight excluding hydrogens is 208 g/mol. The second-order valence-corrected chi connectivity index (χ2v) is 4.12. The molecule has 88 valence electrons. The topological polar surface area (TPSA) is 55.4 Å². The van der Waals surface area contributed by atoms with Crippen molar-refractivity contribution in [3.8, 4) is 0 Å². The molecule has 0 saturated carbocycles. The Morgan fingerprint density at radius 2 is 1.73 bits per heavy atom. The largest absolute Gasteiger partial charge is 0.444 e. The van der Waals surface area contributed by atoms with Gasteiger partial charge in [0.05, 0.1) is 6.54 Å². The summed E-state index contributed by atoms with van der Waals surface area (Å²) in [5.41, 5.74) is -0.754. The van der Waals surface area contributed by atoms with Gasteiger partial charge >= 0.3 is 12.0 Å². The summed E-state index contributed by atoms with van der Waals surface area (Å²) in [6, 6.07) is 0. The summed E-state index contributed by atoms with van der Waals surface area (Å²) in [6.07, 6.45) is -0.969. The molecule has 0 saturated heterocycles. The first-order valence-electron chi connectivity index (χ1n) is 4.40. The number of amides is 1. The minimum absolute atomic E-state index is 0.754. The van der Waals surface area contributed by atoms with Crippen molar-refractivity contribution < 1.29 is 23.1 Å². The van der Waals surface area contributed by atoms with Crippen LogP contribution in [-0.2, 0) is 9.53 Å². The zero-order chi connectivity index (χ0) is 12.3. The van der Waals surface area contributed by atoms with Gasteiger partial charge in [0.25, 0.3) is 0 Å². The van der Waals surface area contributed by atoms with Crippen molar-refractivity contribution in [3.63, 3.8) is 0 Å². The summed E-state index contributed by atoms with van der Waals surface area (Å²) in [6.45, 7) is 4.54.